The topological polar surface area (TPSA) is 0 Å². The molecule has 19 heavy (non-hydrogen) atoms. The maximum absolute atomic E-state index is 2.31. The van der Waals surface area contributed by atoms with Crippen LogP contribution in [0.4, 0.5) is 5.69 Å². The number of benzene rings is 2. The van der Waals surface area contributed by atoms with E-state index in [9.17, 15) is 0 Å². The van der Waals surface area contributed by atoms with Crippen LogP contribution in [0.15, 0.2) is 60.7 Å². The van der Waals surface area contributed by atoms with Crippen molar-refractivity contribution in [1.29, 1.82) is 0 Å². The summed E-state index contributed by atoms with van der Waals surface area (Å²) in [5.41, 5.74) is 2.76. The molecule has 1 atom stereocenters. The van der Waals surface area contributed by atoms with Gasteiger partial charge in [-0.25, -0.2) is 0 Å². The number of nitrogens with zero attached hydrogens (tertiary/aromatic N) is 1. The molecule has 2 heteroatoms. The molecule has 0 heterocycles. The molecule has 1 nitrogen and oxygen atoms in total. The molecular formula is C17H22IN. The summed E-state index contributed by atoms with van der Waals surface area (Å²) < 4.78 is 0.935. The predicted octanol–water partition coefficient (Wildman–Crippen LogP) is 1.24. The Morgan fingerprint density at radius 3 is 1.79 bits per heavy atom. The lowest BCUT2D eigenvalue weighted by molar-refractivity contribution is -0.00000385. The molecule has 2 rings (SSSR count). The molecule has 0 saturated carbocycles. The van der Waals surface area contributed by atoms with Crippen molar-refractivity contribution in [2.24, 2.45) is 0 Å². The van der Waals surface area contributed by atoms with Crippen LogP contribution in [0, 0.1) is 0 Å². The van der Waals surface area contributed by atoms with Crippen molar-refractivity contribution in [3.63, 3.8) is 0 Å². The van der Waals surface area contributed by atoms with Gasteiger partial charge >= 0.3 is 0 Å². The third kappa shape index (κ3) is 3.80. The van der Waals surface area contributed by atoms with E-state index >= 15 is 0 Å². The molecule has 0 saturated heterocycles. The molecule has 0 N–H and O–H groups in total. The first kappa shape index (κ1) is 16.2. The van der Waals surface area contributed by atoms with E-state index in [2.05, 4.69) is 81.6 Å². The second kappa shape index (κ2) is 7.06. The molecule has 0 aliphatic carbocycles. The van der Waals surface area contributed by atoms with Gasteiger partial charge < -0.3 is 24.0 Å². The molecule has 0 spiro atoms. The summed E-state index contributed by atoms with van der Waals surface area (Å²) in [4.78, 5) is 0. The zero-order valence-corrected chi connectivity index (χ0v) is 14.0. The van der Waals surface area contributed by atoms with Crippen LogP contribution in [0.3, 0.4) is 0 Å². The van der Waals surface area contributed by atoms with Crippen molar-refractivity contribution in [2.75, 3.05) is 7.05 Å². The smallest absolute Gasteiger partial charge is 0.133 e. The van der Waals surface area contributed by atoms with Gasteiger partial charge in [0.25, 0.3) is 0 Å². The molecule has 0 aromatic heterocycles. The van der Waals surface area contributed by atoms with Crippen LogP contribution in [0.25, 0.3) is 0 Å². The van der Waals surface area contributed by atoms with Crippen LogP contribution in [0.2, 0.25) is 0 Å². The lowest BCUT2D eigenvalue weighted by atomic mass is 10.1. The Kier molecular flexibility index (Phi) is 6.01. The molecule has 2 aromatic rings. The highest BCUT2D eigenvalue weighted by Crippen LogP contribution is 2.26. The third-order valence-electron chi connectivity index (χ3n) is 3.84. The molecular weight excluding hydrogens is 345 g/mol. The SMILES string of the molecule is CC(C)[N+](C)(Cc1ccccc1)c1ccccc1.[I-]. The van der Waals surface area contributed by atoms with E-state index in [1.165, 1.54) is 11.3 Å². The van der Waals surface area contributed by atoms with Crippen LogP contribution in [-0.2, 0) is 6.54 Å². The van der Waals surface area contributed by atoms with E-state index in [0.29, 0.717) is 6.04 Å². The summed E-state index contributed by atoms with van der Waals surface area (Å²) in [6.45, 7) is 5.61. The molecule has 0 aliphatic heterocycles. The van der Waals surface area contributed by atoms with Gasteiger partial charge in [0.1, 0.15) is 12.2 Å². The molecule has 102 valence electrons. The molecule has 0 amide bonds. The first-order chi connectivity index (χ1) is 8.63. The van der Waals surface area contributed by atoms with Crippen molar-refractivity contribution in [3.05, 3.63) is 66.2 Å². The van der Waals surface area contributed by atoms with E-state index in [1.807, 2.05) is 0 Å². The van der Waals surface area contributed by atoms with Gasteiger partial charge in [-0.3, -0.25) is 4.48 Å². The van der Waals surface area contributed by atoms with Gasteiger partial charge in [-0.2, -0.15) is 0 Å². The summed E-state index contributed by atoms with van der Waals surface area (Å²) in [5, 5.41) is 0. The van der Waals surface area contributed by atoms with Crippen LogP contribution >= 0.6 is 0 Å². The lowest BCUT2D eigenvalue weighted by Gasteiger charge is -2.38. The Morgan fingerprint density at radius 2 is 1.32 bits per heavy atom. The van der Waals surface area contributed by atoms with Crippen molar-refractivity contribution in [2.45, 2.75) is 26.4 Å². The highest BCUT2D eigenvalue weighted by Gasteiger charge is 2.28. The van der Waals surface area contributed by atoms with Gasteiger partial charge in [0, 0.05) is 5.56 Å². The second-order valence-electron chi connectivity index (χ2n) is 5.34. The largest absolute Gasteiger partial charge is 1.00 e. The van der Waals surface area contributed by atoms with Gasteiger partial charge in [-0.1, -0.05) is 48.5 Å². The Bertz CT molecular complexity index is 481. The second-order valence-corrected chi connectivity index (χ2v) is 5.34. The van der Waals surface area contributed by atoms with E-state index < -0.39 is 0 Å². The third-order valence-corrected chi connectivity index (χ3v) is 3.84. The highest BCUT2D eigenvalue weighted by atomic mass is 127. The molecule has 2 aromatic carbocycles. The van der Waals surface area contributed by atoms with E-state index in [4.69, 9.17) is 0 Å². The number of halogens is 1. The van der Waals surface area contributed by atoms with E-state index in [0.717, 1.165) is 11.0 Å². The van der Waals surface area contributed by atoms with Crippen molar-refractivity contribution in [1.82, 2.24) is 4.48 Å². The Balaban J connectivity index is 0.00000180. The molecule has 0 fully saturated rings. The first-order valence-corrected chi connectivity index (χ1v) is 6.57. The monoisotopic (exact) mass is 367 g/mol. The maximum atomic E-state index is 2.31. The van der Waals surface area contributed by atoms with Crippen molar-refractivity contribution < 1.29 is 24.0 Å². The summed E-state index contributed by atoms with van der Waals surface area (Å²) in [5.74, 6) is 0. The van der Waals surface area contributed by atoms with Crippen LogP contribution in [-0.4, -0.2) is 13.1 Å². The van der Waals surface area contributed by atoms with Crippen LogP contribution in [0.1, 0.15) is 19.4 Å². The fourth-order valence-electron chi connectivity index (χ4n) is 2.30. The molecule has 0 aliphatic rings. The number of para-hydroxylation sites is 1. The van der Waals surface area contributed by atoms with Crippen LogP contribution in [0.5, 0.6) is 0 Å². The summed E-state index contributed by atoms with van der Waals surface area (Å²) in [7, 11) is 2.31. The van der Waals surface area contributed by atoms with Gasteiger partial charge in [-0.15, -0.1) is 0 Å². The number of hydrogen-bond donors (Lipinski definition) is 0. The fourth-order valence-corrected chi connectivity index (χ4v) is 2.30. The summed E-state index contributed by atoms with van der Waals surface area (Å²) in [6.07, 6.45) is 0. The predicted molar refractivity (Wildman–Crippen MR) is 79.4 cm³/mol. The Morgan fingerprint density at radius 1 is 0.842 bits per heavy atom. The minimum Gasteiger partial charge on any atom is -1.00 e. The quantitative estimate of drug-likeness (QED) is 0.564. The highest BCUT2D eigenvalue weighted by molar-refractivity contribution is 5.43. The zero-order valence-electron chi connectivity index (χ0n) is 11.9. The van der Waals surface area contributed by atoms with Crippen molar-refractivity contribution >= 4 is 5.69 Å². The summed E-state index contributed by atoms with van der Waals surface area (Å²) >= 11 is 0. The molecule has 0 bridgehead atoms. The van der Waals surface area contributed by atoms with Gasteiger partial charge in [0.2, 0.25) is 0 Å². The Hall–Kier alpha value is -0.870. The zero-order chi connectivity index (χ0) is 13.0. The minimum atomic E-state index is 0. The van der Waals surface area contributed by atoms with Crippen LogP contribution < -0.4 is 28.5 Å². The maximum Gasteiger partial charge on any atom is 0.133 e. The number of quaternary nitrogens is 1. The first-order valence-electron chi connectivity index (χ1n) is 6.57. The fraction of sp³-hybridized carbons (Fsp3) is 0.294. The van der Waals surface area contributed by atoms with E-state index in [-0.39, 0.29) is 24.0 Å². The lowest BCUT2D eigenvalue weighted by Crippen LogP contribution is -3.00. The molecule has 1 unspecified atom stereocenters. The van der Waals surface area contributed by atoms with Gasteiger partial charge in [-0.05, 0) is 26.0 Å². The standard InChI is InChI=1S/C17H22N.HI/c1-15(2)18(3,17-12-8-5-9-13-17)14-16-10-6-4-7-11-16;/h4-13,15H,14H2,1-3H3;1H/q+1;/p-1. The normalized spacial score (nSPS) is 13.7. The average Bonchev–Trinajstić information content (AvgIpc) is 2.40. The average molecular weight is 367 g/mol. The summed E-state index contributed by atoms with van der Waals surface area (Å²) in [6, 6.07) is 22.1. The number of hydrogen-bond acceptors (Lipinski definition) is 0. The molecule has 0 radical (unpaired) electrons. The van der Waals surface area contributed by atoms with Gasteiger partial charge in [0.15, 0.2) is 0 Å². The van der Waals surface area contributed by atoms with Gasteiger partial charge in [0.05, 0.1) is 13.1 Å². The van der Waals surface area contributed by atoms with Crippen molar-refractivity contribution in [3.8, 4) is 0 Å². The minimum absolute atomic E-state index is 0. The van der Waals surface area contributed by atoms with E-state index in [1.54, 1.807) is 0 Å². The number of rotatable bonds is 4. The Labute approximate surface area is 133 Å².